The molecule has 1 aliphatic rings. The van der Waals surface area contributed by atoms with E-state index in [2.05, 4.69) is 15.6 Å². The number of aliphatic hydroxyl groups is 1. The summed E-state index contributed by atoms with van der Waals surface area (Å²) < 4.78 is 11.2. The molecule has 0 aliphatic carbocycles. The van der Waals surface area contributed by atoms with Crippen molar-refractivity contribution in [3.63, 3.8) is 0 Å². The molecular weight excluding hydrogens is 481 g/mol. The van der Waals surface area contributed by atoms with Gasteiger partial charge in [0.25, 0.3) is 0 Å². The number of furan rings is 1. The maximum absolute atomic E-state index is 10.5. The van der Waals surface area contributed by atoms with Crippen molar-refractivity contribution in [1.82, 2.24) is 10.6 Å². The summed E-state index contributed by atoms with van der Waals surface area (Å²) in [6.07, 6.45) is 5.45. The van der Waals surface area contributed by atoms with Crippen LogP contribution in [0.3, 0.4) is 0 Å². The highest BCUT2D eigenvalue weighted by molar-refractivity contribution is 14.0. The zero-order valence-corrected chi connectivity index (χ0v) is 19.3. The minimum absolute atomic E-state index is 0. The second-order valence-electron chi connectivity index (χ2n) is 7.24. The first-order chi connectivity index (χ1) is 13.7. The lowest BCUT2D eigenvalue weighted by molar-refractivity contribution is 0.0194. The first-order valence-corrected chi connectivity index (χ1v) is 10.1. The van der Waals surface area contributed by atoms with Crippen LogP contribution in [0.4, 0.5) is 0 Å². The van der Waals surface area contributed by atoms with Crippen molar-refractivity contribution in [3.8, 4) is 0 Å². The van der Waals surface area contributed by atoms with Crippen molar-refractivity contribution in [2.24, 2.45) is 4.99 Å². The second-order valence-corrected chi connectivity index (χ2v) is 7.24. The Kier molecular flexibility index (Phi) is 10.5. The number of benzene rings is 1. The molecule has 1 fully saturated rings. The van der Waals surface area contributed by atoms with E-state index >= 15 is 0 Å². The Hall–Kier alpha value is -1.58. The van der Waals surface area contributed by atoms with E-state index in [0.717, 1.165) is 42.8 Å². The monoisotopic (exact) mass is 513 g/mol. The molecule has 0 spiro atoms. The smallest absolute Gasteiger partial charge is 0.191 e. The highest BCUT2D eigenvalue weighted by Crippen LogP contribution is 2.15. The number of hydrogen-bond acceptors (Lipinski definition) is 4. The summed E-state index contributed by atoms with van der Waals surface area (Å²) in [6, 6.07) is 11.8. The van der Waals surface area contributed by atoms with Crippen molar-refractivity contribution < 1.29 is 14.3 Å². The van der Waals surface area contributed by atoms with Crippen molar-refractivity contribution in [3.05, 3.63) is 59.5 Å². The molecule has 160 valence electrons. The number of halogens is 1. The number of aliphatic hydroxyl groups excluding tert-OH is 1. The van der Waals surface area contributed by atoms with Gasteiger partial charge in [0.2, 0.25) is 0 Å². The van der Waals surface area contributed by atoms with E-state index in [0.29, 0.717) is 25.6 Å². The van der Waals surface area contributed by atoms with Crippen LogP contribution < -0.4 is 10.6 Å². The molecule has 2 atom stereocenters. The summed E-state index contributed by atoms with van der Waals surface area (Å²) in [6.45, 7) is 4.56. The lowest BCUT2D eigenvalue weighted by Gasteiger charge is -2.24. The molecule has 0 amide bonds. The van der Waals surface area contributed by atoms with Crippen LogP contribution in [0.25, 0.3) is 0 Å². The van der Waals surface area contributed by atoms with Crippen LogP contribution in [-0.2, 0) is 11.2 Å². The molecule has 7 heteroatoms. The zero-order chi connectivity index (χ0) is 19.6. The molecule has 2 heterocycles. The Morgan fingerprint density at radius 1 is 1.24 bits per heavy atom. The van der Waals surface area contributed by atoms with Crippen molar-refractivity contribution in [2.75, 3.05) is 26.2 Å². The number of aryl methyl sites for hydroxylation is 1. The summed E-state index contributed by atoms with van der Waals surface area (Å²) in [4.78, 5) is 4.59. The molecule has 1 aromatic carbocycles. The third-order valence-corrected chi connectivity index (χ3v) is 4.86. The summed E-state index contributed by atoms with van der Waals surface area (Å²) >= 11 is 0. The van der Waals surface area contributed by atoms with Gasteiger partial charge in [-0.25, -0.2) is 0 Å². The van der Waals surface area contributed by atoms with Gasteiger partial charge in [-0.15, -0.1) is 24.0 Å². The quantitative estimate of drug-likeness (QED) is 0.286. The Morgan fingerprint density at radius 2 is 2.14 bits per heavy atom. The maximum atomic E-state index is 10.5. The average Bonchev–Trinajstić information content (AvgIpc) is 3.23. The highest BCUT2D eigenvalue weighted by Gasteiger charge is 2.14. The summed E-state index contributed by atoms with van der Waals surface area (Å²) in [5.41, 5.74) is 2.01. The topological polar surface area (TPSA) is 79.0 Å². The minimum Gasteiger partial charge on any atom is -0.469 e. The third-order valence-electron chi connectivity index (χ3n) is 4.86. The first-order valence-electron chi connectivity index (χ1n) is 10.1. The molecule has 1 aliphatic heterocycles. The maximum Gasteiger partial charge on any atom is 0.191 e. The number of nitrogens with one attached hydrogen (secondary N) is 2. The van der Waals surface area contributed by atoms with Crippen LogP contribution in [0.2, 0.25) is 0 Å². The molecule has 0 radical (unpaired) electrons. The van der Waals surface area contributed by atoms with Gasteiger partial charge in [0.15, 0.2) is 5.96 Å². The number of ether oxygens (including phenoxy) is 1. The van der Waals surface area contributed by atoms with Gasteiger partial charge < -0.3 is 24.9 Å². The number of nitrogens with zero attached hydrogens (tertiary/aromatic N) is 1. The van der Waals surface area contributed by atoms with Crippen molar-refractivity contribution in [2.45, 2.75) is 44.8 Å². The number of rotatable bonds is 8. The number of guanidine groups is 1. The van der Waals surface area contributed by atoms with E-state index in [1.807, 2.05) is 43.3 Å². The number of hydrogen-bond donors (Lipinski definition) is 3. The van der Waals surface area contributed by atoms with Gasteiger partial charge in [-0.2, -0.15) is 0 Å². The SMILES string of the molecule is Cc1cccc(C(O)CN=C(NCCc2ccco2)NCC2CCCCO2)c1.I. The van der Waals surface area contributed by atoms with Gasteiger partial charge in [-0.3, -0.25) is 4.99 Å². The first kappa shape index (κ1) is 23.7. The molecule has 3 rings (SSSR count). The standard InChI is InChI=1S/C22H31N3O3.HI/c1-17-6-4-7-18(14-17)21(26)16-25-22(23-11-10-19-9-5-13-27-19)24-15-20-8-2-3-12-28-20;/h4-7,9,13-14,20-21,26H,2-3,8,10-12,15-16H2,1H3,(H2,23,24,25);1H. The van der Waals surface area contributed by atoms with E-state index in [4.69, 9.17) is 9.15 Å². The summed E-state index contributed by atoms with van der Waals surface area (Å²) in [5, 5.41) is 17.2. The Balaban J connectivity index is 0.00000300. The van der Waals surface area contributed by atoms with Gasteiger partial charge >= 0.3 is 0 Å². The van der Waals surface area contributed by atoms with Gasteiger partial charge in [0.05, 0.1) is 25.0 Å². The van der Waals surface area contributed by atoms with E-state index in [1.54, 1.807) is 6.26 Å². The Labute approximate surface area is 190 Å². The highest BCUT2D eigenvalue weighted by atomic mass is 127. The van der Waals surface area contributed by atoms with E-state index < -0.39 is 6.10 Å². The average molecular weight is 513 g/mol. The van der Waals surface area contributed by atoms with E-state index in [-0.39, 0.29) is 30.1 Å². The van der Waals surface area contributed by atoms with E-state index in [9.17, 15) is 5.11 Å². The molecule has 29 heavy (non-hydrogen) atoms. The van der Waals surface area contributed by atoms with E-state index in [1.165, 1.54) is 6.42 Å². The Bertz CT molecular complexity index is 731. The molecule has 0 bridgehead atoms. The predicted molar refractivity (Wildman–Crippen MR) is 126 cm³/mol. The minimum atomic E-state index is -0.630. The fourth-order valence-corrected chi connectivity index (χ4v) is 3.27. The normalized spacial score (nSPS) is 18.0. The zero-order valence-electron chi connectivity index (χ0n) is 17.0. The third kappa shape index (κ3) is 8.36. The fraction of sp³-hybridized carbons (Fsp3) is 0.500. The van der Waals surface area contributed by atoms with Crippen molar-refractivity contribution >= 4 is 29.9 Å². The molecule has 1 saturated heterocycles. The number of aliphatic imine (C=N–C) groups is 1. The largest absolute Gasteiger partial charge is 0.469 e. The summed E-state index contributed by atoms with van der Waals surface area (Å²) in [7, 11) is 0. The molecular formula is C22H32IN3O3. The van der Waals surface area contributed by atoms with Crippen LogP contribution >= 0.6 is 24.0 Å². The van der Waals surface area contributed by atoms with Crippen LogP contribution in [0.5, 0.6) is 0 Å². The summed E-state index contributed by atoms with van der Waals surface area (Å²) in [5.74, 6) is 1.62. The van der Waals surface area contributed by atoms with Gasteiger partial charge in [-0.05, 0) is 43.9 Å². The predicted octanol–water partition coefficient (Wildman–Crippen LogP) is 3.59. The lowest BCUT2D eigenvalue weighted by Crippen LogP contribution is -2.43. The van der Waals surface area contributed by atoms with Crippen LogP contribution in [0, 0.1) is 6.92 Å². The van der Waals surface area contributed by atoms with Crippen LogP contribution in [0.1, 0.15) is 42.3 Å². The lowest BCUT2D eigenvalue weighted by atomic mass is 10.1. The molecule has 1 aromatic heterocycles. The van der Waals surface area contributed by atoms with Crippen LogP contribution in [0.15, 0.2) is 52.1 Å². The van der Waals surface area contributed by atoms with Gasteiger partial charge in [-0.1, -0.05) is 29.8 Å². The molecule has 2 aromatic rings. The Morgan fingerprint density at radius 3 is 2.86 bits per heavy atom. The molecule has 0 saturated carbocycles. The fourth-order valence-electron chi connectivity index (χ4n) is 3.27. The second kappa shape index (κ2) is 12.9. The van der Waals surface area contributed by atoms with Gasteiger partial charge in [0.1, 0.15) is 5.76 Å². The van der Waals surface area contributed by atoms with Crippen molar-refractivity contribution in [1.29, 1.82) is 0 Å². The molecule has 3 N–H and O–H groups in total. The van der Waals surface area contributed by atoms with Gasteiger partial charge in [0, 0.05) is 26.1 Å². The molecule has 2 unspecified atom stereocenters. The molecule has 6 nitrogen and oxygen atoms in total. The van der Waals surface area contributed by atoms with Crippen LogP contribution in [-0.4, -0.2) is 43.4 Å².